The highest BCUT2D eigenvalue weighted by molar-refractivity contribution is 5.70. The number of pyridine rings is 2. The fourth-order valence-corrected chi connectivity index (χ4v) is 3.27. The van der Waals surface area contributed by atoms with Gasteiger partial charge in [-0.05, 0) is 55.2 Å². The van der Waals surface area contributed by atoms with Gasteiger partial charge < -0.3 is 9.30 Å². The fraction of sp³-hybridized carbons (Fsp3) is 0.261. The molecule has 4 rings (SSSR count). The highest BCUT2D eigenvalue weighted by Crippen LogP contribution is 2.33. The molecule has 3 aromatic rings. The van der Waals surface area contributed by atoms with Crippen molar-refractivity contribution in [2.45, 2.75) is 32.7 Å². The zero-order valence-corrected chi connectivity index (χ0v) is 16.1. The fourth-order valence-electron chi connectivity index (χ4n) is 3.27. The molecule has 0 amide bonds. The Kier molecular flexibility index (Phi) is 5.13. The summed E-state index contributed by atoms with van der Waals surface area (Å²) in [6.07, 6.45) is 6.69. The van der Waals surface area contributed by atoms with Crippen LogP contribution in [0.2, 0.25) is 0 Å². The number of nitriles is 1. The summed E-state index contributed by atoms with van der Waals surface area (Å²) >= 11 is 0. The minimum absolute atomic E-state index is 0.0273. The lowest BCUT2D eigenvalue weighted by atomic mass is 10.0. The van der Waals surface area contributed by atoms with E-state index in [1.165, 1.54) is 25.0 Å². The third-order valence-electron chi connectivity index (χ3n) is 5.17. The van der Waals surface area contributed by atoms with Crippen LogP contribution in [0, 0.1) is 30.0 Å². The summed E-state index contributed by atoms with van der Waals surface area (Å²) in [6.45, 7) is 2.38. The van der Waals surface area contributed by atoms with E-state index in [0.29, 0.717) is 35.0 Å². The van der Waals surface area contributed by atoms with E-state index in [9.17, 15) is 14.4 Å². The molecule has 2 heterocycles. The first-order valence-electron chi connectivity index (χ1n) is 9.59. The third kappa shape index (κ3) is 4.04. The predicted octanol–water partition coefficient (Wildman–Crippen LogP) is 4.82. The molecule has 2 aromatic heterocycles. The first-order chi connectivity index (χ1) is 14.1. The maximum absolute atomic E-state index is 14.7. The lowest BCUT2D eigenvalue weighted by molar-refractivity contribution is 0.437. The van der Waals surface area contributed by atoms with Crippen LogP contribution in [0.25, 0.3) is 11.1 Å². The van der Waals surface area contributed by atoms with Gasteiger partial charge in [-0.3, -0.25) is 9.78 Å². The number of aromatic nitrogens is 2. The Bertz CT molecular complexity index is 1160. The van der Waals surface area contributed by atoms with E-state index in [-0.39, 0.29) is 16.9 Å². The molecule has 0 unspecified atom stereocenters. The quantitative estimate of drug-likeness (QED) is 0.606. The average Bonchev–Trinajstić information content (AvgIpc) is 3.54. The third-order valence-corrected chi connectivity index (χ3v) is 5.17. The van der Waals surface area contributed by atoms with E-state index in [1.54, 1.807) is 48.1 Å². The molecule has 0 N–H and O–H groups in total. The number of rotatable bonds is 6. The summed E-state index contributed by atoms with van der Waals surface area (Å²) in [5.74, 6) is 0.640. The molecule has 0 bridgehead atoms. The molecule has 6 heteroatoms. The number of hydrogen-bond acceptors (Lipinski definition) is 4. The number of ether oxygens (including phenoxy) is 1. The lowest BCUT2D eigenvalue weighted by Gasteiger charge is -2.12. The van der Waals surface area contributed by atoms with Gasteiger partial charge in [-0.15, -0.1) is 0 Å². The Hall–Kier alpha value is -3.46. The Morgan fingerprint density at radius 3 is 2.79 bits per heavy atom. The van der Waals surface area contributed by atoms with Crippen molar-refractivity contribution in [3.05, 3.63) is 76.2 Å². The van der Waals surface area contributed by atoms with E-state index in [2.05, 4.69) is 4.98 Å². The molecule has 29 heavy (non-hydrogen) atoms. The second-order valence-corrected chi connectivity index (χ2v) is 7.28. The van der Waals surface area contributed by atoms with Crippen molar-refractivity contribution in [3.63, 3.8) is 0 Å². The molecule has 1 aromatic carbocycles. The molecule has 0 aliphatic heterocycles. The van der Waals surface area contributed by atoms with Crippen LogP contribution in [-0.4, -0.2) is 9.55 Å². The smallest absolute Gasteiger partial charge is 0.269 e. The van der Waals surface area contributed by atoms with Crippen LogP contribution in [0.1, 0.15) is 30.5 Å². The normalized spacial score (nSPS) is 13.1. The molecule has 5 nitrogen and oxygen atoms in total. The van der Waals surface area contributed by atoms with E-state index in [4.69, 9.17) is 4.74 Å². The molecular weight excluding hydrogens is 369 g/mol. The van der Waals surface area contributed by atoms with Gasteiger partial charge in [0.1, 0.15) is 17.4 Å². The molecule has 0 radical (unpaired) electrons. The van der Waals surface area contributed by atoms with Crippen molar-refractivity contribution in [1.82, 2.24) is 9.55 Å². The zero-order valence-electron chi connectivity index (χ0n) is 16.1. The molecular formula is C23H20FN3O2. The van der Waals surface area contributed by atoms with Gasteiger partial charge in [-0.25, -0.2) is 4.39 Å². The largest absolute Gasteiger partial charge is 0.452 e. The second-order valence-electron chi connectivity index (χ2n) is 7.28. The monoisotopic (exact) mass is 389 g/mol. The van der Waals surface area contributed by atoms with Gasteiger partial charge >= 0.3 is 0 Å². The van der Waals surface area contributed by atoms with Gasteiger partial charge in [0, 0.05) is 24.5 Å². The predicted molar refractivity (Wildman–Crippen MR) is 107 cm³/mol. The van der Waals surface area contributed by atoms with Gasteiger partial charge in [0.2, 0.25) is 0 Å². The van der Waals surface area contributed by atoms with Crippen LogP contribution in [0.4, 0.5) is 4.39 Å². The molecule has 1 fully saturated rings. The molecule has 1 saturated carbocycles. The summed E-state index contributed by atoms with van der Waals surface area (Å²) in [5.41, 5.74) is 1.22. The van der Waals surface area contributed by atoms with Crippen molar-refractivity contribution in [2.24, 2.45) is 5.92 Å². The highest BCUT2D eigenvalue weighted by atomic mass is 19.1. The van der Waals surface area contributed by atoms with Crippen molar-refractivity contribution < 1.29 is 9.13 Å². The van der Waals surface area contributed by atoms with Crippen molar-refractivity contribution in [3.8, 4) is 28.7 Å². The summed E-state index contributed by atoms with van der Waals surface area (Å²) in [7, 11) is 0. The standard InChI is InChI=1S/C23H20FN3O2/c1-15-21(3-2-10-26-15)29-22-7-6-17(13-20(22)24)18-9-12-27(11-8-16-4-5-16)23(28)19(18)14-25/h2-3,6-7,9-10,12-13,16H,4-5,8,11H2,1H3. The molecule has 0 spiro atoms. The average molecular weight is 389 g/mol. The minimum atomic E-state index is -0.576. The van der Waals surface area contributed by atoms with Gasteiger partial charge in [0.15, 0.2) is 11.6 Å². The molecule has 1 aliphatic rings. The van der Waals surface area contributed by atoms with Crippen LogP contribution in [0.15, 0.2) is 53.6 Å². The van der Waals surface area contributed by atoms with Gasteiger partial charge in [0.05, 0.1) is 5.69 Å². The molecule has 1 aliphatic carbocycles. The zero-order chi connectivity index (χ0) is 20.4. The Labute approximate surface area is 168 Å². The van der Waals surface area contributed by atoms with E-state index < -0.39 is 5.82 Å². The summed E-state index contributed by atoms with van der Waals surface area (Å²) in [5, 5.41) is 9.54. The van der Waals surface area contributed by atoms with E-state index >= 15 is 0 Å². The number of hydrogen-bond donors (Lipinski definition) is 0. The van der Waals surface area contributed by atoms with Crippen molar-refractivity contribution in [2.75, 3.05) is 0 Å². The van der Waals surface area contributed by atoms with E-state index in [1.807, 2.05) is 6.07 Å². The van der Waals surface area contributed by atoms with Crippen molar-refractivity contribution in [1.29, 1.82) is 5.26 Å². The summed E-state index contributed by atoms with van der Waals surface area (Å²) in [6, 6.07) is 11.5. The number of benzene rings is 1. The topological polar surface area (TPSA) is 67.9 Å². The number of halogens is 1. The van der Waals surface area contributed by atoms with Crippen LogP contribution in [0.5, 0.6) is 11.5 Å². The number of aryl methyl sites for hydroxylation is 2. The highest BCUT2D eigenvalue weighted by Gasteiger charge is 2.21. The van der Waals surface area contributed by atoms with Gasteiger partial charge in [-0.2, -0.15) is 5.26 Å². The lowest BCUT2D eigenvalue weighted by Crippen LogP contribution is -2.23. The van der Waals surface area contributed by atoms with Gasteiger partial charge in [0.25, 0.3) is 5.56 Å². The van der Waals surface area contributed by atoms with Crippen LogP contribution >= 0.6 is 0 Å². The van der Waals surface area contributed by atoms with Crippen molar-refractivity contribution >= 4 is 0 Å². The van der Waals surface area contributed by atoms with Crippen LogP contribution in [-0.2, 0) is 6.54 Å². The second kappa shape index (κ2) is 7.88. The number of nitrogens with zero attached hydrogens (tertiary/aromatic N) is 3. The first-order valence-corrected chi connectivity index (χ1v) is 9.59. The maximum Gasteiger partial charge on any atom is 0.269 e. The van der Waals surface area contributed by atoms with Gasteiger partial charge in [-0.1, -0.05) is 18.9 Å². The molecule has 0 atom stereocenters. The summed E-state index contributed by atoms with van der Waals surface area (Å²) < 4.78 is 21.9. The Morgan fingerprint density at radius 2 is 2.10 bits per heavy atom. The maximum atomic E-state index is 14.7. The van der Waals surface area contributed by atoms with Crippen LogP contribution < -0.4 is 10.3 Å². The molecule has 0 saturated heterocycles. The Balaban J connectivity index is 1.63. The first kappa shape index (κ1) is 18.9. The SMILES string of the molecule is Cc1ncccc1Oc1ccc(-c2ccn(CCC3CC3)c(=O)c2C#N)cc1F. The molecule has 146 valence electrons. The van der Waals surface area contributed by atoms with Crippen LogP contribution in [0.3, 0.4) is 0 Å². The van der Waals surface area contributed by atoms with E-state index in [0.717, 1.165) is 6.42 Å². The Morgan fingerprint density at radius 1 is 1.28 bits per heavy atom. The summed E-state index contributed by atoms with van der Waals surface area (Å²) in [4.78, 5) is 16.8. The minimum Gasteiger partial charge on any atom is -0.452 e.